The Morgan fingerprint density at radius 1 is 1.26 bits per heavy atom. The van der Waals surface area contributed by atoms with Crippen molar-refractivity contribution in [2.24, 2.45) is 10.9 Å². The van der Waals surface area contributed by atoms with E-state index in [-0.39, 0.29) is 33.4 Å². The molecule has 1 aromatic carbocycles. The number of ether oxygens (including phenoxy) is 1. The van der Waals surface area contributed by atoms with Gasteiger partial charge in [-0.25, -0.2) is 13.8 Å². The van der Waals surface area contributed by atoms with Gasteiger partial charge >= 0.3 is 0 Å². The second-order valence-corrected chi connectivity index (χ2v) is 13.3. The molecule has 10 heteroatoms. The number of nitrogens with one attached hydrogen (secondary N) is 1. The van der Waals surface area contributed by atoms with E-state index in [1.54, 1.807) is 13.1 Å². The van der Waals surface area contributed by atoms with Crippen molar-refractivity contribution < 1.29 is 18.6 Å². The smallest absolute Gasteiger partial charge is 0.156 e. The van der Waals surface area contributed by atoms with Gasteiger partial charge in [-0.3, -0.25) is 0 Å². The first kappa shape index (κ1) is 38.2. The van der Waals surface area contributed by atoms with Crippen molar-refractivity contribution in [1.82, 2.24) is 10.2 Å². The summed E-state index contributed by atoms with van der Waals surface area (Å²) in [5.74, 6) is 0.496. The molecule has 2 aromatic rings. The predicted molar refractivity (Wildman–Crippen MR) is 191 cm³/mol. The summed E-state index contributed by atoms with van der Waals surface area (Å²) in [5, 5.41) is 22.1. The third-order valence-corrected chi connectivity index (χ3v) is 10.3. The highest BCUT2D eigenvalue weighted by Gasteiger charge is 2.36. The van der Waals surface area contributed by atoms with Crippen LogP contribution in [-0.2, 0) is 18.0 Å². The minimum Gasteiger partial charge on any atom is -0.393 e. The number of unbranched alkanes of at least 4 members (excludes halogenated alkanes) is 3. The number of hydrogen-bond donors (Lipinski definition) is 3. The maximum absolute atomic E-state index is 16.2. The first-order chi connectivity index (χ1) is 22.5. The number of nitriles is 1. The molecule has 1 fully saturated rings. The molecule has 0 spiro atoms. The number of thiophene rings is 1. The van der Waals surface area contributed by atoms with Gasteiger partial charge in [0.2, 0.25) is 0 Å². The third kappa shape index (κ3) is 8.43. The number of hydrogen-bond acceptors (Lipinski definition) is 7. The maximum atomic E-state index is 16.2. The van der Waals surface area contributed by atoms with Crippen LogP contribution in [0.15, 0.2) is 11.2 Å². The monoisotopic (exact) mass is 669 g/mol. The number of nitrogen functional groups attached to an aromatic ring is 1. The highest BCUT2D eigenvalue weighted by Crippen LogP contribution is 2.45. The molecule has 1 aromatic heterocycles. The van der Waals surface area contributed by atoms with Gasteiger partial charge in [-0.15, -0.1) is 11.3 Å². The summed E-state index contributed by atoms with van der Waals surface area (Å²) in [4.78, 5) is 7.47. The Bertz CT molecular complexity index is 1590. The van der Waals surface area contributed by atoms with Gasteiger partial charge in [-0.1, -0.05) is 66.9 Å². The van der Waals surface area contributed by atoms with Crippen LogP contribution in [0.5, 0.6) is 0 Å². The van der Waals surface area contributed by atoms with Crippen molar-refractivity contribution >= 4 is 40.8 Å². The van der Waals surface area contributed by atoms with E-state index < -0.39 is 17.7 Å². The van der Waals surface area contributed by atoms with Gasteiger partial charge in [0.15, 0.2) is 5.83 Å². The molecule has 0 saturated carbocycles. The highest BCUT2D eigenvalue weighted by atomic mass is 32.1. The SMILES string of the molecule is C=c1c(F)c(C2NC=C(F)c3sc(N)c(C#N)c32)c2c(/c1=C/N=C(C)N1CCC(C)C1CCCCCC)COC2.CC.CCC(C)O. The molecule has 4 unspecified atom stereocenters. The summed E-state index contributed by atoms with van der Waals surface area (Å²) >= 11 is 0.999. The number of aliphatic hydroxyl groups excluding tert-OH is 1. The zero-order valence-corrected chi connectivity index (χ0v) is 30.0. The number of aliphatic imine (C=N–C) groups is 1. The Kier molecular flexibility index (Phi) is 14.4. The molecule has 4 N–H and O–H groups in total. The number of aliphatic hydroxyl groups is 1. The van der Waals surface area contributed by atoms with Gasteiger partial charge in [0, 0.05) is 46.6 Å². The number of rotatable bonds is 8. The normalized spacial score (nSPS) is 21.0. The summed E-state index contributed by atoms with van der Waals surface area (Å²) in [5.41, 5.74) is 8.38. The molecule has 3 aliphatic heterocycles. The second kappa shape index (κ2) is 17.8. The van der Waals surface area contributed by atoms with E-state index in [4.69, 9.17) is 20.6 Å². The Hall–Kier alpha value is -3.26. The van der Waals surface area contributed by atoms with Crippen LogP contribution in [0.2, 0.25) is 0 Å². The first-order valence-electron chi connectivity index (χ1n) is 17.1. The average Bonchev–Trinajstić information content (AvgIpc) is 3.78. The quantitative estimate of drug-likeness (QED) is 0.154. The highest BCUT2D eigenvalue weighted by molar-refractivity contribution is 7.17. The number of amidine groups is 1. The molecule has 1 saturated heterocycles. The van der Waals surface area contributed by atoms with E-state index in [2.05, 4.69) is 36.7 Å². The lowest BCUT2D eigenvalue weighted by atomic mass is 9.87. The van der Waals surface area contributed by atoms with Crippen LogP contribution in [0.3, 0.4) is 0 Å². The second-order valence-electron chi connectivity index (χ2n) is 12.3. The van der Waals surface area contributed by atoms with E-state index in [1.165, 1.54) is 31.9 Å². The Morgan fingerprint density at radius 3 is 2.57 bits per heavy atom. The number of anilines is 1. The van der Waals surface area contributed by atoms with Gasteiger partial charge in [0.05, 0.1) is 35.8 Å². The van der Waals surface area contributed by atoms with E-state index in [0.29, 0.717) is 40.5 Å². The fourth-order valence-corrected chi connectivity index (χ4v) is 7.35. The molecule has 47 heavy (non-hydrogen) atoms. The van der Waals surface area contributed by atoms with Gasteiger partial charge in [0.25, 0.3) is 0 Å². The maximum Gasteiger partial charge on any atom is 0.156 e. The molecule has 5 rings (SSSR count). The number of nitrogens with two attached hydrogens (primary N) is 1. The molecule has 4 atom stereocenters. The molecule has 7 nitrogen and oxygen atoms in total. The molecule has 4 heterocycles. The molecule has 0 amide bonds. The first-order valence-corrected chi connectivity index (χ1v) is 17.9. The molecule has 3 aliphatic rings. The van der Waals surface area contributed by atoms with Gasteiger partial charge in [-0.05, 0) is 50.2 Å². The Balaban J connectivity index is 0.000000784. The lowest BCUT2D eigenvalue weighted by Crippen LogP contribution is -2.37. The molecular formula is C37H53F2N5O2S. The van der Waals surface area contributed by atoms with E-state index in [1.807, 2.05) is 27.7 Å². The van der Waals surface area contributed by atoms with E-state index >= 15 is 4.39 Å². The van der Waals surface area contributed by atoms with E-state index in [9.17, 15) is 9.65 Å². The topological polar surface area (TPSA) is 107 Å². The van der Waals surface area contributed by atoms with Gasteiger partial charge < -0.3 is 25.8 Å². The predicted octanol–water partition coefficient (Wildman–Crippen LogP) is 7.38. The fourth-order valence-electron chi connectivity index (χ4n) is 6.39. The summed E-state index contributed by atoms with van der Waals surface area (Å²) in [7, 11) is 0. The molecular weight excluding hydrogens is 617 g/mol. The zero-order chi connectivity index (χ0) is 34.8. The van der Waals surface area contributed by atoms with Gasteiger partial charge in [-0.2, -0.15) is 5.26 Å². The van der Waals surface area contributed by atoms with Gasteiger partial charge in [0.1, 0.15) is 22.7 Å². The Labute approximate surface area is 283 Å². The standard InChI is InChI=1S/C31H37F2N5OS.C4H10O.C2H6/c1-5-6-7-8-9-25-17(2)10-11-38(25)19(4)36-13-21-18(3)28(33)26(23-16-39-15-22(21)23)29-27-20(12-34)31(35)40-30(27)24(32)14-37-29;1-3-4(2)5;1-2/h13-14,17,25,29,37H,3,5-11,15-16,35H2,1-2,4H3;4-5H,3H2,1-2H3;1-2H3/b21-13+,36-19?;;. The van der Waals surface area contributed by atoms with Crippen LogP contribution < -0.4 is 21.5 Å². The average molecular weight is 670 g/mol. The van der Waals surface area contributed by atoms with Crippen LogP contribution in [-0.4, -0.2) is 34.5 Å². The largest absolute Gasteiger partial charge is 0.393 e. The number of fused-ring (bicyclic) bond motifs is 2. The van der Waals surface area contributed by atoms with Crippen molar-refractivity contribution in [3.05, 3.63) is 55.1 Å². The van der Waals surface area contributed by atoms with Crippen molar-refractivity contribution in [2.75, 3.05) is 12.3 Å². The number of benzene rings is 1. The molecule has 0 aliphatic carbocycles. The third-order valence-electron chi connectivity index (χ3n) is 9.21. The lowest BCUT2D eigenvalue weighted by Gasteiger charge is -2.28. The van der Waals surface area contributed by atoms with Crippen LogP contribution in [0.4, 0.5) is 13.8 Å². The minimum atomic E-state index is -0.785. The number of halogens is 2. The van der Waals surface area contributed by atoms with Crippen LogP contribution in [0.25, 0.3) is 18.6 Å². The Morgan fingerprint density at radius 2 is 1.94 bits per heavy atom. The zero-order valence-electron chi connectivity index (χ0n) is 29.2. The van der Waals surface area contributed by atoms with Crippen molar-refractivity contribution in [2.45, 2.75) is 125 Å². The number of nitrogens with zero attached hydrogens (tertiary/aromatic N) is 3. The molecule has 258 valence electrons. The van der Waals surface area contributed by atoms with Crippen LogP contribution in [0, 0.1) is 23.1 Å². The fraction of sp³-hybridized carbons (Fsp3) is 0.568. The van der Waals surface area contributed by atoms with Crippen molar-refractivity contribution in [1.29, 1.82) is 5.26 Å². The minimum absolute atomic E-state index is 0.116. The van der Waals surface area contributed by atoms with Crippen LogP contribution in [0.1, 0.15) is 132 Å². The summed E-state index contributed by atoms with van der Waals surface area (Å²) in [6, 6.07) is 1.76. The summed E-state index contributed by atoms with van der Waals surface area (Å²) in [6.07, 6.45) is 10.9. The van der Waals surface area contributed by atoms with Crippen molar-refractivity contribution in [3.63, 3.8) is 0 Å². The van der Waals surface area contributed by atoms with E-state index in [0.717, 1.165) is 48.5 Å². The number of likely N-dealkylation sites (tertiary alicyclic amines) is 1. The van der Waals surface area contributed by atoms with Crippen LogP contribution >= 0.6 is 11.3 Å². The summed E-state index contributed by atoms with van der Waals surface area (Å²) in [6.45, 7) is 19.9. The molecule has 0 radical (unpaired) electrons. The van der Waals surface area contributed by atoms with Crippen molar-refractivity contribution in [3.8, 4) is 6.07 Å². The lowest BCUT2D eigenvalue weighted by molar-refractivity contribution is 0.133. The molecule has 0 bridgehead atoms. The summed E-state index contributed by atoms with van der Waals surface area (Å²) < 4.78 is 36.7.